The summed E-state index contributed by atoms with van der Waals surface area (Å²) < 4.78 is 11.2. The van der Waals surface area contributed by atoms with Crippen LogP contribution >= 0.6 is 0 Å². The maximum Gasteiger partial charge on any atom is 0.236 e. The van der Waals surface area contributed by atoms with E-state index in [1.54, 1.807) is 6.20 Å². The van der Waals surface area contributed by atoms with Crippen molar-refractivity contribution in [3.8, 4) is 11.5 Å². The third-order valence-electron chi connectivity index (χ3n) is 4.97. The first-order valence-corrected chi connectivity index (χ1v) is 8.68. The van der Waals surface area contributed by atoms with Crippen LogP contribution in [0.5, 0.6) is 11.5 Å². The monoisotopic (exact) mass is 347 g/mol. The summed E-state index contributed by atoms with van der Waals surface area (Å²) >= 11 is 0. The number of hydrogen-bond donors (Lipinski definition) is 1. The van der Waals surface area contributed by atoms with Crippen LogP contribution in [-0.2, 0) is 10.2 Å². The molecule has 1 saturated carbocycles. The molecule has 3 aromatic rings. The van der Waals surface area contributed by atoms with Crippen LogP contribution in [0.15, 0.2) is 48.7 Å². The van der Waals surface area contributed by atoms with E-state index in [9.17, 15) is 4.79 Å². The molecule has 0 bridgehead atoms. The van der Waals surface area contributed by atoms with E-state index in [1.807, 2.05) is 42.5 Å². The number of carbonyl (C=O) groups excluding carboxylic acids is 1. The number of hydrogen-bond acceptors (Lipinski definition) is 5. The van der Waals surface area contributed by atoms with Gasteiger partial charge in [-0.15, -0.1) is 0 Å². The zero-order chi connectivity index (χ0) is 17.6. The summed E-state index contributed by atoms with van der Waals surface area (Å²) in [5, 5.41) is 2.93. The second-order valence-electron chi connectivity index (χ2n) is 6.64. The summed E-state index contributed by atoms with van der Waals surface area (Å²) in [6, 6.07) is 13.3. The van der Waals surface area contributed by atoms with Gasteiger partial charge in [-0.3, -0.25) is 9.78 Å². The van der Waals surface area contributed by atoms with Gasteiger partial charge in [0.2, 0.25) is 5.91 Å². The predicted octanol–water partition coefficient (Wildman–Crippen LogP) is 3.07. The fourth-order valence-corrected chi connectivity index (χ4v) is 3.37. The summed E-state index contributed by atoms with van der Waals surface area (Å²) in [4.78, 5) is 21.8. The highest BCUT2D eigenvalue weighted by Gasteiger charge is 2.51. The average Bonchev–Trinajstić information content (AvgIpc) is 3.50. The summed E-state index contributed by atoms with van der Waals surface area (Å²) in [6.45, 7) is 1.08. The lowest BCUT2D eigenvalue weighted by Crippen LogP contribution is -2.28. The van der Waals surface area contributed by atoms with Crippen molar-refractivity contribution < 1.29 is 14.3 Å². The standard InChI is InChI=1S/C20H17N3O3/c24-19(23-18-12-21-14-3-1-2-4-15(14)22-18)20(7-8-20)13-5-6-16-17(11-13)26-10-9-25-16/h1-6,11-12H,7-10H2,(H,22,23,24). The molecule has 0 saturated heterocycles. The number of nitrogens with one attached hydrogen (secondary N) is 1. The first-order valence-electron chi connectivity index (χ1n) is 8.68. The Morgan fingerprint density at radius 1 is 1.00 bits per heavy atom. The summed E-state index contributed by atoms with van der Waals surface area (Å²) in [5.41, 5.74) is 1.99. The van der Waals surface area contributed by atoms with Gasteiger partial charge in [-0.1, -0.05) is 18.2 Å². The van der Waals surface area contributed by atoms with E-state index in [-0.39, 0.29) is 5.91 Å². The maximum atomic E-state index is 13.0. The van der Waals surface area contributed by atoms with E-state index < -0.39 is 5.41 Å². The van der Waals surface area contributed by atoms with Gasteiger partial charge in [-0.2, -0.15) is 0 Å². The predicted molar refractivity (Wildman–Crippen MR) is 96.5 cm³/mol. The van der Waals surface area contributed by atoms with Crippen molar-refractivity contribution in [3.63, 3.8) is 0 Å². The molecule has 0 radical (unpaired) electrons. The van der Waals surface area contributed by atoms with Crippen molar-refractivity contribution in [2.75, 3.05) is 18.5 Å². The number of carbonyl (C=O) groups is 1. The van der Waals surface area contributed by atoms with E-state index in [0.717, 1.165) is 35.2 Å². The summed E-state index contributed by atoms with van der Waals surface area (Å²) in [7, 11) is 0. The fraction of sp³-hybridized carbons (Fsp3) is 0.250. The van der Waals surface area contributed by atoms with Crippen molar-refractivity contribution in [1.29, 1.82) is 0 Å². The van der Waals surface area contributed by atoms with Crippen molar-refractivity contribution in [2.24, 2.45) is 0 Å². The number of benzene rings is 2. The lowest BCUT2D eigenvalue weighted by Gasteiger charge is -2.21. The molecule has 1 N–H and O–H groups in total. The summed E-state index contributed by atoms with van der Waals surface area (Å²) in [6.07, 6.45) is 3.21. The highest BCUT2D eigenvalue weighted by molar-refractivity contribution is 6.01. The molecule has 26 heavy (non-hydrogen) atoms. The van der Waals surface area contributed by atoms with Crippen molar-refractivity contribution in [2.45, 2.75) is 18.3 Å². The molecule has 1 fully saturated rings. The van der Waals surface area contributed by atoms with Crippen molar-refractivity contribution >= 4 is 22.8 Å². The zero-order valence-electron chi connectivity index (χ0n) is 14.1. The molecule has 2 aromatic carbocycles. The second-order valence-corrected chi connectivity index (χ2v) is 6.64. The van der Waals surface area contributed by atoms with E-state index in [0.29, 0.717) is 24.8 Å². The number of anilines is 1. The van der Waals surface area contributed by atoms with E-state index in [2.05, 4.69) is 15.3 Å². The molecule has 0 spiro atoms. The number of amides is 1. The van der Waals surface area contributed by atoms with Gasteiger partial charge in [0.25, 0.3) is 0 Å². The molecule has 2 heterocycles. The Balaban J connectivity index is 1.42. The SMILES string of the molecule is O=C(Nc1cnc2ccccc2n1)C1(c2ccc3c(c2)OCCO3)CC1. The molecule has 2 aliphatic rings. The molecule has 1 aromatic heterocycles. The third kappa shape index (κ3) is 2.45. The number of nitrogens with zero attached hydrogens (tertiary/aromatic N) is 2. The van der Waals surface area contributed by atoms with Crippen LogP contribution in [-0.4, -0.2) is 29.1 Å². The number of ether oxygens (including phenoxy) is 2. The van der Waals surface area contributed by atoms with Gasteiger partial charge < -0.3 is 14.8 Å². The van der Waals surface area contributed by atoms with E-state index in [4.69, 9.17) is 9.47 Å². The topological polar surface area (TPSA) is 73.3 Å². The van der Waals surface area contributed by atoms with Crippen LogP contribution in [0.3, 0.4) is 0 Å². The lowest BCUT2D eigenvalue weighted by molar-refractivity contribution is -0.118. The molecule has 130 valence electrons. The Morgan fingerprint density at radius 3 is 2.58 bits per heavy atom. The van der Waals surface area contributed by atoms with Crippen LogP contribution in [0.2, 0.25) is 0 Å². The Labute approximate surface area is 150 Å². The highest BCUT2D eigenvalue weighted by atomic mass is 16.6. The molecule has 1 amide bonds. The average molecular weight is 347 g/mol. The third-order valence-corrected chi connectivity index (χ3v) is 4.97. The first kappa shape index (κ1) is 15.1. The van der Waals surface area contributed by atoms with Gasteiger partial charge in [0.1, 0.15) is 13.2 Å². The van der Waals surface area contributed by atoms with Crippen molar-refractivity contribution in [3.05, 3.63) is 54.2 Å². The lowest BCUT2D eigenvalue weighted by atomic mass is 9.94. The number of rotatable bonds is 3. The molecular formula is C20H17N3O3. The number of para-hydroxylation sites is 2. The van der Waals surface area contributed by atoms with E-state index in [1.165, 1.54) is 0 Å². The van der Waals surface area contributed by atoms with Gasteiger partial charge in [0, 0.05) is 0 Å². The van der Waals surface area contributed by atoms with Gasteiger partial charge in [0.05, 0.1) is 22.6 Å². The van der Waals surface area contributed by atoms with Gasteiger partial charge >= 0.3 is 0 Å². The van der Waals surface area contributed by atoms with Gasteiger partial charge in [-0.05, 0) is 42.7 Å². The Hall–Kier alpha value is -3.15. The molecular weight excluding hydrogens is 330 g/mol. The van der Waals surface area contributed by atoms with Crippen LogP contribution in [0.1, 0.15) is 18.4 Å². The zero-order valence-corrected chi connectivity index (χ0v) is 14.1. The molecule has 1 aliphatic carbocycles. The summed E-state index contributed by atoms with van der Waals surface area (Å²) in [5.74, 6) is 1.85. The number of fused-ring (bicyclic) bond motifs is 2. The van der Waals surface area contributed by atoms with Crippen LogP contribution in [0, 0.1) is 0 Å². The minimum Gasteiger partial charge on any atom is -0.486 e. The van der Waals surface area contributed by atoms with Crippen LogP contribution < -0.4 is 14.8 Å². The quantitative estimate of drug-likeness (QED) is 0.788. The van der Waals surface area contributed by atoms with Gasteiger partial charge in [0.15, 0.2) is 17.3 Å². The first-order chi connectivity index (χ1) is 12.7. The molecule has 0 atom stereocenters. The molecule has 1 aliphatic heterocycles. The maximum absolute atomic E-state index is 13.0. The van der Waals surface area contributed by atoms with Crippen LogP contribution in [0.25, 0.3) is 11.0 Å². The number of aromatic nitrogens is 2. The van der Waals surface area contributed by atoms with Crippen molar-refractivity contribution in [1.82, 2.24) is 9.97 Å². The van der Waals surface area contributed by atoms with Crippen LogP contribution in [0.4, 0.5) is 5.82 Å². The Kier molecular flexibility index (Phi) is 3.31. The molecule has 5 rings (SSSR count). The molecule has 6 nitrogen and oxygen atoms in total. The largest absolute Gasteiger partial charge is 0.486 e. The molecule has 0 unspecified atom stereocenters. The Morgan fingerprint density at radius 2 is 1.77 bits per heavy atom. The van der Waals surface area contributed by atoms with Gasteiger partial charge in [-0.25, -0.2) is 4.98 Å². The smallest absolute Gasteiger partial charge is 0.236 e. The van der Waals surface area contributed by atoms with E-state index >= 15 is 0 Å². The minimum atomic E-state index is -0.525. The fourth-order valence-electron chi connectivity index (χ4n) is 3.37. The second kappa shape index (κ2) is 5.69. The Bertz CT molecular complexity index is 1010. The molecule has 6 heteroatoms. The highest BCUT2D eigenvalue weighted by Crippen LogP contribution is 2.50. The normalized spacial score (nSPS) is 16.9. The minimum absolute atomic E-state index is 0.0567.